The van der Waals surface area contributed by atoms with Crippen molar-refractivity contribution in [2.24, 2.45) is 7.05 Å². The Balaban J connectivity index is 2.13. The summed E-state index contributed by atoms with van der Waals surface area (Å²) in [5.74, 6) is 0. The van der Waals surface area contributed by atoms with Gasteiger partial charge < -0.3 is 14.8 Å². The van der Waals surface area contributed by atoms with E-state index in [1.807, 2.05) is 13.4 Å². The summed E-state index contributed by atoms with van der Waals surface area (Å²) in [6.07, 6.45) is 1.88. The Morgan fingerprint density at radius 3 is 2.53 bits per heavy atom. The quantitative estimate of drug-likeness (QED) is 0.877. The molecule has 2 rings (SSSR count). The van der Waals surface area contributed by atoms with Gasteiger partial charge in [0.2, 0.25) is 0 Å². The van der Waals surface area contributed by atoms with E-state index in [0.717, 1.165) is 43.9 Å². The number of rotatable bonds is 5. The fraction of sp³-hybridized carbons (Fsp3) is 0.769. The van der Waals surface area contributed by atoms with Crippen molar-refractivity contribution in [1.29, 1.82) is 0 Å². The van der Waals surface area contributed by atoms with Crippen LogP contribution in [0.5, 0.6) is 0 Å². The Bertz CT molecular complexity index is 378. The highest BCUT2D eigenvalue weighted by Crippen LogP contribution is 2.27. The van der Waals surface area contributed by atoms with Crippen molar-refractivity contribution in [1.82, 2.24) is 24.7 Å². The fourth-order valence-electron chi connectivity index (χ4n) is 2.77. The van der Waals surface area contributed by atoms with Crippen molar-refractivity contribution >= 4 is 15.9 Å². The van der Waals surface area contributed by atoms with Gasteiger partial charge in [0.1, 0.15) is 4.60 Å². The first-order valence-electron chi connectivity index (χ1n) is 6.95. The average Bonchev–Trinajstić information content (AvgIpc) is 2.76. The Labute approximate surface area is 124 Å². The van der Waals surface area contributed by atoms with Crippen LogP contribution in [-0.4, -0.2) is 65.7 Å². The largest absolute Gasteiger partial charge is 0.335 e. The molecule has 108 valence electrons. The minimum Gasteiger partial charge on any atom is -0.335 e. The lowest BCUT2D eigenvalue weighted by Gasteiger charge is -2.39. The van der Waals surface area contributed by atoms with Gasteiger partial charge >= 0.3 is 0 Å². The first kappa shape index (κ1) is 15.0. The number of aromatic nitrogens is 2. The molecule has 0 saturated carbocycles. The van der Waals surface area contributed by atoms with E-state index in [-0.39, 0.29) is 0 Å². The summed E-state index contributed by atoms with van der Waals surface area (Å²) in [7, 11) is 4.08. The summed E-state index contributed by atoms with van der Waals surface area (Å²) in [6.45, 7) is 8.90. The van der Waals surface area contributed by atoms with Crippen LogP contribution in [0.1, 0.15) is 18.7 Å². The number of nitrogens with one attached hydrogen (secondary N) is 1. The molecule has 1 fully saturated rings. The Morgan fingerprint density at radius 2 is 2.05 bits per heavy atom. The second-order valence-corrected chi connectivity index (χ2v) is 5.83. The van der Waals surface area contributed by atoms with Crippen LogP contribution in [0.3, 0.4) is 0 Å². The SMILES string of the molecule is CCN1CCN(C(CNC)c2c(Br)ncn2C)CC1. The maximum atomic E-state index is 4.36. The summed E-state index contributed by atoms with van der Waals surface area (Å²) >= 11 is 3.58. The van der Waals surface area contributed by atoms with Crippen LogP contribution in [-0.2, 0) is 7.05 Å². The van der Waals surface area contributed by atoms with Crippen molar-refractivity contribution in [2.75, 3.05) is 46.3 Å². The molecule has 0 radical (unpaired) electrons. The molecule has 6 heteroatoms. The molecule has 1 atom stereocenters. The predicted octanol–water partition coefficient (Wildman–Crippen LogP) is 1.08. The summed E-state index contributed by atoms with van der Waals surface area (Å²) in [4.78, 5) is 9.43. The van der Waals surface area contributed by atoms with E-state index in [1.54, 1.807) is 0 Å². The van der Waals surface area contributed by atoms with Gasteiger partial charge in [-0.2, -0.15) is 0 Å². The van der Waals surface area contributed by atoms with Gasteiger partial charge in [0.25, 0.3) is 0 Å². The van der Waals surface area contributed by atoms with Crippen molar-refractivity contribution < 1.29 is 0 Å². The molecule has 0 bridgehead atoms. The highest BCUT2D eigenvalue weighted by molar-refractivity contribution is 9.10. The van der Waals surface area contributed by atoms with Crippen LogP contribution in [0, 0.1) is 0 Å². The molecule has 1 N–H and O–H groups in total. The van der Waals surface area contributed by atoms with Gasteiger partial charge in [-0.15, -0.1) is 0 Å². The highest BCUT2D eigenvalue weighted by atomic mass is 79.9. The molecule has 1 unspecified atom stereocenters. The van der Waals surface area contributed by atoms with E-state index in [1.165, 1.54) is 5.69 Å². The lowest BCUT2D eigenvalue weighted by molar-refractivity contribution is 0.0959. The van der Waals surface area contributed by atoms with E-state index in [2.05, 4.69) is 54.6 Å². The number of imidazole rings is 1. The number of halogens is 1. The minimum absolute atomic E-state index is 0.380. The molecular formula is C13H24BrN5. The lowest BCUT2D eigenvalue weighted by Crippen LogP contribution is -2.49. The Morgan fingerprint density at radius 1 is 1.37 bits per heavy atom. The molecule has 1 aromatic heterocycles. The van der Waals surface area contributed by atoms with Crippen LogP contribution in [0.15, 0.2) is 10.9 Å². The fourth-order valence-corrected chi connectivity index (χ4v) is 3.40. The van der Waals surface area contributed by atoms with Gasteiger partial charge in [-0.3, -0.25) is 4.90 Å². The number of nitrogens with zero attached hydrogens (tertiary/aromatic N) is 4. The van der Waals surface area contributed by atoms with Crippen LogP contribution >= 0.6 is 15.9 Å². The third kappa shape index (κ3) is 3.37. The van der Waals surface area contributed by atoms with Gasteiger partial charge in [-0.05, 0) is 29.5 Å². The highest BCUT2D eigenvalue weighted by Gasteiger charge is 2.27. The zero-order chi connectivity index (χ0) is 13.8. The smallest absolute Gasteiger partial charge is 0.128 e. The maximum Gasteiger partial charge on any atom is 0.128 e. The number of aryl methyl sites for hydroxylation is 1. The zero-order valence-electron chi connectivity index (χ0n) is 12.1. The van der Waals surface area contributed by atoms with E-state index in [0.29, 0.717) is 6.04 Å². The molecule has 5 nitrogen and oxygen atoms in total. The van der Waals surface area contributed by atoms with Gasteiger partial charge in [-0.1, -0.05) is 6.92 Å². The van der Waals surface area contributed by atoms with Gasteiger partial charge in [0.05, 0.1) is 18.1 Å². The molecule has 1 saturated heterocycles. The molecule has 19 heavy (non-hydrogen) atoms. The molecule has 1 aliphatic rings. The zero-order valence-corrected chi connectivity index (χ0v) is 13.7. The normalized spacial score (nSPS) is 19.8. The molecule has 1 aromatic rings. The molecular weight excluding hydrogens is 306 g/mol. The first-order valence-corrected chi connectivity index (χ1v) is 7.74. The van der Waals surface area contributed by atoms with E-state index < -0.39 is 0 Å². The van der Waals surface area contributed by atoms with Crippen molar-refractivity contribution in [3.8, 4) is 0 Å². The third-order valence-corrected chi connectivity index (χ3v) is 4.55. The molecule has 2 heterocycles. The third-order valence-electron chi connectivity index (χ3n) is 3.94. The van der Waals surface area contributed by atoms with E-state index >= 15 is 0 Å². The van der Waals surface area contributed by atoms with Crippen molar-refractivity contribution in [2.45, 2.75) is 13.0 Å². The standard InChI is InChI=1S/C13H24BrN5/c1-4-18-5-7-19(8-6-18)11(9-15-2)12-13(14)16-10-17(12)3/h10-11,15H,4-9H2,1-3H3. The summed E-state index contributed by atoms with van der Waals surface area (Å²) in [5.41, 5.74) is 1.26. The summed E-state index contributed by atoms with van der Waals surface area (Å²) in [5, 5.41) is 3.32. The van der Waals surface area contributed by atoms with Gasteiger partial charge in [0.15, 0.2) is 0 Å². The number of hydrogen-bond acceptors (Lipinski definition) is 4. The number of piperazine rings is 1. The van der Waals surface area contributed by atoms with E-state index in [9.17, 15) is 0 Å². The predicted molar refractivity (Wildman–Crippen MR) is 81.3 cm³/mol. The second kappa shape index (κ2) is 6.83. The van der Waals surface area contributed by atoms with Gasteiger partial charge in [-0.25, -0.2) is 4.98 Å². The van der Waals surface area contributed by atoms with Crippen LogP contribution in [0.4, 0.5) is 0 Å². The summed E-state index contributed by atoms with van der Waals surface area (Å²) < 4.78 is 3.09. The van der Waals surface area contributed by atoms with Crippen molar-refractivity contribution in [3.05, 3.63) is 16.6 Å². The Hall–Kier alpha value is -0.430. The summed E-state index contributed by atoms with van der Waals surface area (Å²) in [6, 6.07) is 0.380. The lowest BCUT2D eigenvalue weighted by atomic mass is 10.1. The maximum absolute atomic E-state index is 4.36. The number of hydrogen-bond donors (Lipinski definition) is 1. The average molecular weight is 330 g/mol. The first-order chi connectivity index (χ1) is 9.17. The second-order valence-electron chi connectivity index (χ2n) is 5.08. The molecule has 0 aliphatic carbocycles. The Kier molecular flexibility index (Phi) is 5.38. The van der Waals surface area contributed by atoms with Crippen LogP contribution in [0.2, 0.25) is 0 Å². The molecule has 0 spiro atoms. The van der Waals surface area contributed by atoms with Crippen LogP contribution in [0.25, 0.3) is 0 Å². The molecule has 0 amide bonds. The van der Waals surface area contributed by atoms with Crippen molar-refractivity contribution in [3.63, 3.8) is 0 Å². The van der Waals surface area contributed by atoms with Gasteiger partial charge in [0, 0.05) is 39.8 Å². The molecule has 0 aromatic carbocycles. The van der Waals surface area contributed by atoms with E-state index in [4.69, 9.17) is 0 Å². The van der Waals surface area contributed by atoms with Crippen LogP contribution < -0.4 is 5.32 Å². The minimum atomic E-state index is 0.380. The monoisotopic (exact) mass is 329 g/mol. The molecule has 1 aliphatic heterocycles. The number of likely N-dealkylation sites (N-methyl/N-ethyl adjacent to an activating group) is 2. The topological polar surface area (TPSA) is 36.3 Å².